The standard InChI is InChI=1S/C23H28ClN5O2/c1-15(7-9-17-5-4-12-28(17)2)26-14-21(30)29-20-13-16(24)8-10-18(20)23(31)27-19-6-3-11-25-22(19)29/h3,6,8,10-11,13,15,17,26H,4-5,7,9,12,14H2,1-2H3,(H,27,31). The van der Waals surface area contributed by atoms with Crippen LogP contribution in [0.3, 0.4) is 0 Å². The third kappa shape index (κ3) is 4.74. The van der Waals surface area contributed by atoms with Crippen molar-refractivity contribution >= 4 is 40.6 Å². The number of rotatable bonds is 6. The maximum Gasteiger partial charge on any atom is 0.257 e. The second kappa shape index (κ2) is 9.34. The molecule has 8 heteroatoms. The highest BCUT2D eigenvalue weighted by atomic mass is 35.5. The number of halogens is 1. The molecule has 0 spiro atoms. The van der Waals surface area contributed by atoms with Crippen LogP contribution in [0, 0.1) is 0 Å². The van der Waals surface area contributed by atoms with E-state index in [-0.39, 0.29) is 24.4 Å². The lowest BCUT2D eigenvalue weighted by Crippen LogP contribution is -2.40. The fourth-order valence-electron chi connectivity index (χ4n) is 4.34. The SMILES string of the molecule is CC(CCC1CCCN1C)NCC(=O)N1c2cc(Cl)ccc2C(=O)Nc2cccnc21. The summed E-state index contributed by atoms with van der Waals surface area (Å²) in [5.41, 5.74) is 1.31. The number of nitrogens with one attached hydrogen (secondary N) is 2. The summed E-state index contributed by atoms with van der Waals surface area (Å²) in [6.07, 6.45) is 6.23. The van der Waals surface area contributed by atoms with Crippen molar-refractivity contribution in [2.75, 3.05) is 30.4 Å². The molecule has 1 aromatic carbocycles. The number of hydrogen-bond donors (Lipinski definition) is 2. The Morgan fingerprint density at radius 1 is 1.39 bits per heavy atom. The van der Waals surface area contributed by atoms with Crippen molar-refractivity contribution in [2.24, 2.45) is 0 Å². The van der Waals surface area contributed by atoms with E-state index < -0.39 is 0 Å². The van der Waals surface area contributed by atoms with E-state index in [4.69, 9.17) is 11.6 Å². The zero-order chi connectivity index (χ0) is 22.0. The molecule has 2 unspecified atom stereocenters. The van der Waals surface area contributed by atoms with Crippen molar-refractivity contribution in [3.05, 3.63) is 47.1 Å². The van der Waals surface area contributed by atoms with Crippen LogP contribution in [0.1, 0.15) is 43.0 Å². The van der Waals surface area contributed by atoms with Crippen LogP contribution in [-0.2, 0) is 4.79 Å². The van der Waals surface area contributed by atoms with E-state index in [9.17, 15) is 9.59 Å². The van der Waals surface area contributed by atoms with Crippen molar-refractivity contribution in [2.45, 2.75) is 44.7 Å². The average molecular weight is 442 g/mol. The van der Waals surface area contributed by atoms with Gasteiger partial charge in [-0.3, -0.25) is 14.5 Å². The number of pyridine rings is 1. The normalized spacial score (nSPS) is 19.4. The Morgan fingerprint density at radius 2 is 2.23 bits per heavy atom. The molecule has 2 aromatic rings. The molecule has 164 valence electrons. The van der Waals surface area contributed by atoms with Crippen LogP contribution < -0.4 is 15.5 Å². The number of carbonyl (C=O) groups excluding carboxylic acids is 2. The molecular formula is C23H28ClN5O2. The molecule has 7 nitrogen and oxygen atoms in total. The lowest BCUT2D eigenvalue weighted by atomic mass is 10.1. The van der Waals surface area contributed by atoms with Crippen LogP contribution in [-0.4, -0.2) is 53.9 Å². The Bertz CT molecular complexity index is 982. The van der Waals surface area contributed by atoms with Gasteiger partial charge in [0.1, 0.15) is 0 Å². The van der Waals surface area contributed by atoms with Crippen molar-refractivity contribution in [1.82, 2.24) is 15.2 Å². The zero-order valence-corrected chi connectivity index (χ0v) is 18.7. The number of amides is 2. The first-order chi connectivity index (χ1) is 14.9. The first-order valence-corrected chi connectivity index (χ1v) is 11.1. The van der Waals surface area contributed by atoms with Gasteiger partial charge in [0, 0.05) is 23.3 Å². The van der Waals surface area contributed by atoms with Crippen LogP contribution in [0.15, 0.2) is 36.5 Å². The average Bonchev–Trinajstić information content (AvgIpc) is 3.11. The van der Waals surface area contributed by atoms with Gasteiger partial charge in [0.15, 0.2) is 5.82 Å². The molecule has 2 amide bonds. The lowest BCUT2D eigenvalue weighted by molar-refractivity contribution is -0.117. The molecule has 2 aliphatic rings. The number of aromatic nitrogens is 1. The van der Waals surface area contributed by atoms with E-state index in [1.165, 1.54) is 24.3 Å². The molecule has 0 bridgehead atoms. The second-order valence-corrected chi connectivity index (χ2v) is 8.79. The highest BCUT2D eigenvalue weighted by Gasteiger charge is 2.30. The number of anilines is 3. The smallest absolute Gasteiger partial charge is 0.257 e. The van der Waals surface area contributed by atoms with E-state index in [0.717, 1.165) is 12.8 Å². The summed E-state index contributed by atoms with van der Waals surface area (Å²) < 4.78 is 0. The maximum atomic E-state index is 13.3. The zero-order valence-electron chi connectivity index (χ0n) is 17.9. The minimum Gasteiger partial charge on any atom is -0.319 e. The van der Waals surface area contributed by atoms with Gasteiger partial charge >= 0.3 is 0 Å². The molecule has 2 N–H and O–H groups in total. The van der Waals surface area contributed by atoms with Crippen LogP contribution in [0.2, 0.25) is 5.02 Å². The van der Waals surface area contributed by atoms with Gasteiger partial charge < -0.3 is 15.5 Å². The largest absolute Gasteiger partial charge is 0.319 e. The van der Waals surface area contributed by atoms with Crippen LogP contribution in [0.4, 0.5) is 17.2 Å². The Hall–Kier alpha value is -2.48. The topological polar surface area (TPSA) is 77.6 Å². The Morgan fingerprint density at radius 3 is 3.00 bits per heavy atom. The van der Waals surface area contributed by atoms with Crippen molar-refractivity contribution in [3.63, 3.8) is 0 Å². The molecule has 2 atom stereocenters. The number of likely N-dealkylation sites (tertiary alicyclic amines) is 1. The number of benzene rings is 1. The first-order valence-electron chi connectivity index (χ1n) is 10.8. The van der Waals surface area contributed by atoms with Gasteiger partial charge in [-0.1, -0.05) is 11.6 Å². The molecule has 0 saturated carbocycles. The second-order valence-electron chi connectivity index (χ2n) is 8.36. The van der Waals surface area contributed by atoms with Crippen LogP contribution in [0.5, 0.6) is 0 Å². The summed E-state index contributed by atoms with van der Waals surface area (Å²) in [7, 11) is 2.18. The van der Waals surface area contributed by atoms with Gasteiger partial charge in [0.2, 0.25) is 5.91 Å². The number of carbonyl (C=O) groups is 2. The predicted octanol–water partition coefficient (Wildman–Crippen LogP) is 3.82. The molecule has 1 fully saturated rings. The van der Waals surface area contributed by atoms with Crippen molar-refractivity contribution in [1.29, 1.82) is 0 Å². The summed E-state index contributed by atoms with van der Waals surface area (Å²) in [4.78, 5) is 34.3. The number of hydrogen-bond acceptors (Lipinski definition) is 5. The van der Waals surface area contributed by atoms with Crippen LogP contribution >= 0.6 is 11.6 Å². The van der Waals surface area contributed by atoms with Gasteiger partial charge in [-0.05, 0) is 76.5 Å². The summed E-state index contributed by atoms with van der Waals surface area (Å²) in [6.45, 7) is 3.41. The monoisotopic (exact) mass is 441 g/mol. The number of nitrogens with zero attached hydrogens (tertiary/aromatic N) is 3. The molecule has 1 saturated heterocycles. The van der Waals surface area contributed by atoms with Gasteiger partial charge in [0.25, 0.3) is 5.91 Å². The minimum atomic E-state index is -0.293. The van der Waals surface area contributed by atoms with Gasteiger partial charge in [-0.2, -0.15) is 0 Å². The third-order valence-corrected chi connectivity index (χ3v) is 6.38. The highest BCUT2D eigenvalue weighted by molar-refractivity contribution is 6.31. The van der Waals surface area contributed by atoms with E-state index in [0.29, 0.717) is 33.8 Å². The van der Waals surface area contributed by atoms with E-state index >= 15 is 0 Å². The molecule has 2 aliphatic heterocycles. The van der Waals surface area contributed by atoms with E-state index in [1.54, 1.807) is 36.5 Å². The Balaban J connectivity index is 1.51. The minimum absolute atomic E-state index is 0.137. The first kappa shape index (κ1) is 21.7. The molecule has 31 heavy (non-hydrogen) atoms. The Kier molecular flexibility index (Phi) is 6.55. The molecule has 0 radical (unpaired) electrons. The van der Waals surface area contributed by atoms with Crippen molar-refractivity contribution in [3.8, 4) is 0 Å². The molecule has 4 rings (SSSR count). The summed E-state index contributed by atoms with van der Waals surface area (Å²) in [5, 5.41) is 6.64. The lowest BCUT2D eigenvalue weighted by Gasteiger charge is -2.25. The molecule has 3 heterocycles. The quantitative estimate of drug-likeness (QED) is 0.712. The van der Waals surface area contributed by atoms with Gasteiger partial charge in [-0.15, -0.1) is 0 Å². The predicted molar refractivity (Wildman–Crippen MR) is 123 cm³/mol. The molecular weight excluding hydrogens is 414 g/mol. The molecule has 1 aromatic heterocycles. The van der Waals surface area contributed by atoms with Gasteiger partial charge in [0.05, 0.1) is 23.5 Å². The fraction of sp³-hybridized carbons (Fsp3) is 0.435. The summed E-state index contributed by atoms with van der Waals surface area (Å²) in [5.74, 6) is -0.0908. The fourth-order valence-corrected chi connectivity index (χ4v) is 4.51. The molecule has 0 aliphatic carbocycles. The van der Waals surface area contributed by atoms with E-state index in [2.05, 4.69) is 34.5 Å². The van der Waals surface area contributed by atoms with Gasteiger partial charge in [-0.25, -0.2) is 4.98 Å². The summed E-state index contributed by atoms with van der Waals surface area (Å²) >= 11 is 6.21. The maximum absolute atomic E-state index is 13.3. The van der Waals surface area contributed by atoms with Crippen molar-refractivity contribution < 1.29 is 9.59 Å². The van der Waals surface area contributed by atoms with E-state index in [1.807, 2.05) is 0 Å². The number of fused-ring (bicyclic) bond motifs is 2. The highest BCUT2D eigenvalue weighted by Crippen LogP contribution is 2.37. The van der Waals surface area contributed by atoms with Crippen LogP contribution in [0.25, 0.3) is 0 Å². The Labute approximate surface area is 187 Å². The summed E-state index contributed by atoms with van der Waals surface area (Å²) in [6, 6.07) is 9.21. The third-order valence-electron chi connectivity index (χ3n) is 6.15.